The molecule has 0 aromatic heterocycles. The molecule has 1 aromatic carbocycles. The van der Waals surface area contributed by atoms with Gasteiger partial charge in [0.15, 0.2) is 0 Å². The largest absolute Gasteiger partial charge is 0.378 e. The predicted octanol–water partition coefficient (Wildman–Crippen LogP) is 2.46. The van der Waals surface area contributed by atoms with Crippen molar-refractivity contribution in [3.05, 3.63) is 34.9 Å². The Morgan fingerprint density at radius 3 is 2.90 bits per heavy atom. The van der Waals surface area contributed by atoms with Crippen molar-refractivity contribution in [3.63, 3.8) is 0 Å². The third-order valence-electron chi connectivity index (χ3n) is 3.69. The first-order chi connectivity index (χ1) is 10.1. The van der Waals surface area contributed by atoms with E-state index in [1.807, 2.05) is 31.3 Å². The smallest absolute Gasteiger partial charge is 0.224 e. The van der Waals surface area contributed by atoms with Crippen molar-refractivity contribution in [1.29, 1.82) is 0 Å². The molecule has 0 unspecified atom stereocenters. The summed E-state index contributed by atoms with van der Waals surface area (Å²) >= 11 is 5.95. The lowest BCUT2D eigenvalue weighted by Crippen LogP contribution is -2.33. The quantitative estimate of drug-likeness (QED) is 0.877. The number of carbonyl (C=O) groups excluding carboxylic acids is 1. The van der Waals surface area contributed by atoms with Crippen LogP contribution in [-0.4, -0.2) is 43.7 Å². The number of halogens is 1. The molecule has 5 heteroatoms. The van der Waals surface area contributed by atoms with E-state index in [1.54, 1.807) is 4.90 Å². The normalized spacial score (nSPS) is 15.9. The van der Waals surface area contributed by atoms with Crippen LogP contribution in [0.2, 0.25) is 5.02 Å². The Morgan fingerprint density at radius 2 is 2.19 bits per heavy atom. The molecule has 1 saturated heterocycles. The highest BCUT2D eigenvalue weighted by atomic mass is 35.5. The molecule has 1 aromatic rings. The van der Waals surface area contributed by atoms with Gasteiger partial charge in [-0.05, 0) is 43.6 Å². The van der Waals surface area contributed by atoms with Crippen LogP contribution in [0.5, 0.6) is 0 Å². The lowest BCUT2D eigenvalue weighted by Gasteiger charge is -2.23. The van der Waals surface area contributed by atoms with Crippen LogP contribution in [0, 0.1) is 0 Å². The molecule has 0 spiro atoms. The minimum absolute atomic E-state index is 0.101. The average Bonchev–Trinajstić information content (AvgIpc) is 2.48. The number of rotatable bonds is 6. The fraction of sp³-hybridized carbons (Fsp3) is 0.562. The summed E-state index contributed by atoms with van der Waals surface area (Å²) in [6, 6.07) is 7.59. The lowest BCUT2D eigenvalue weighted by atomic mass is 10.1. The summed E-state index contributed by atoms with van der Waals surface area (Å²) in [6.45, 7) is 3.09. The number of nitrogens with one attached hydrogen (secondary N) is 1. The van der Waals surface area contributed by atoms with Gasteiger partial charge in [0.25, 0.3) is 0 Å². The molecule has 116 valence electrons. The maximum absolute atomic E-state index is 12.1. The zero-order valence-corrected chi connectivity index (χ0v) is 13.2. The molecular weight excluding hydrogens is 288 g/mol. The molecule has 0 atom stereocenters. The van der Waals surface area contributed by atoms with Crippen molar-refractivity contribution in [1.82, 2.24) is 10.2 Å². The Bertz CT molecular complexity index is 461. The Labute approximate surface area is 131 Å². The van der Waals surface area contributed by atoms with E-state index >= 15 is 0 Å². The van der Waals surface area contributed by atoms with Crippen LogP contribution in [0.1, 0.15) is 24.8 Å². The molecule has 0 bridgehead atoms. The second-order valence-corrected chi connectivity index (χ2v) is 5.89. The van der Waals surface area contributed by atoms with Gasteiger partial charge in [-0.2, -0.15) is 0 Å². The summed E-state index contributed by atoms with van der Waals surface area (Å²) in [6.07, 6.45) is 2.80. The summed E-state index contributed by atoms with van der Waals surface area (Å²) in [5, 5.41) is 3.99. The van der Waals surface area contributed by atoms with Crippen molar-refractivity contribution < 1.29 is 9.53 Å². The summed E-state index contributed by atoms with van der Waals surface area (Å²) < 4.78 is 5.76. The second-order valence-electron chi connectivity index (χ2n) is 5.45. The fourth-order valence-electron chi connectivity index (χ4n) is 2.46. The standard InChI is InChI=1S/C16H23ClN2O2/c1-19(12-13-3-2-4-14(17)11-13)16(20)7-10-21-15-5-8-18-9-6-15/h2-4,11,15,18H,5-10,12H2,1H3. The first-order valence-corrected chi connectivity index (χ1v) is 7.83. The topological polar surface area (TPSA) is 41.6 Å². The number of hydrogen-bond donors (Lipinski definition) is 1. The fourth-order valence-corrected chi connectivity index (χ4v) is 2.68. The third-order valence-corrected chi connectivity index (χ3v) is 3.93. The van der Waals surface area contributed by atoms with Gasteiger partial charge in [-0.25, -0.2) is 0 Å². The number of benzene rings is 1. The first kappa shape index (κ1) is 16.3. The number of ether oxygens (including phenoxy) is 1. The van der Waals surface area contributed by atoms with Gasteiger partial charge in [0.2, 0.25) is 5.91 Å². The minimum Gasteiger partial charge on any atom is -0.378 e. The molecule has 21 heavy (non-hydrogen) atoms. The van der Waals surface area contributed by atoms with Gasteiger partial charge >= 0.3 is 0 Å². The monoisotopic (exact) mass is 310 g/mol. The van der Waals surface area contributed by atoms with Crippen molar-refractivity contribution in [3.8, 4) is 0 Å². The van der Waals surface area contributed by atoms with Crippen molar-refractivity contribution in [2.24, 2.45) is 0 Å². The summed E-state index contributed by atoms with van der Waals surface area (Å²) in [5.74, 6) is 0.101. The SMILES string of the molecule is CN(Cc1cccc(Cl)c1)C(=O)CCOC1CCNCC1. The van der Waals surface area contributed by atoms with Gasteiger partial charge in [-0.3, -0.25) is 4.79 Å². The molecule has 2 rings (SSSR count). The minimum atomic E-state index is 0.101. The van der Waals surface area contributed by atoms with Crippen LogP contribution in [-0.2, 0) is 16.1 Å². The third kappa shape index (κ3) is 5.65. The molecule has 1 amide bonds. The molecule has 1 N–H and O–H groups in total. The van der Waals surface area contributed by atoms with Crippen molar-refractivity contribution >= 4 is 17.5 Å². The molecule has 0 radical (unpaired) electrons. The highest BCUT2D eigenvalue weighted by molar-refractivity contribution is 6.30. The van der Waals surface area contributed by atoms with Crippen molar-refractivity contribution in [2.45, 2.75) is 31.9 Å². The number of piperidine rings is 1. The molecule has 1 heterocycles. The summed E-state index contributed by atoms with van der Waals surface area (Å²) in [5.41, 5.74) is 1.04. The van der Waals surface area contributed by atoms with Crippen LogP contribution >= 0.6 is 11.6 Å². The van der Waals surface area contributed by atoms with E-state index in [-0.39, 0.29) is 5.91 Å². The van der Waals surface area contributed by atoms with Crippen LogP contribution in [0.3, 0.4) is 0 Å². The van der Waals surface area contributed by atoms with Crippen LogP contribution in [0.25, 0.3) is 0 Å². The van der Waals surface area contributed by atoms with E-state index in [2.05, 4.69) is 5.32 Å². The molecular formula is C16H23ClN2O2. The average molecular weight is 311 g/mol. The zero-order chi connectivity index (χ0) is 15.1. The molecule has 0 aliphatic carbocycles. The zero-order valence-electron chi connectivity index (χ0n) is 12.5. The number of carbonyl (C=O) groups is 1. The first-order valence-electron chi connectivity index (χ1n) is 7.46. The molecule has 1 fully saturated rings. The van der Waals surface area contributed by atoms with Gasteiger partial charge in [0, 0.05) is 18.6 Å². The summed E-state index contributed by atoms with van der Waals surface area (Å²) in [7, 11) is 1.81. The molecule has 1 aliphatic heterocycles. The van der Waals surface area contributed by atoms with Gasteiger partial charge in [0.05, 0.1) is 19.1 Å². The van der Waals surface area contributed by atoms with Gasteiger partial charge < -0.3 is 15.0 Å². The van der Waals surface area contributed by atoms with Crippen LogP contribution in [0.15, 0.2) is 24.3 Å². The number of hydrogen-bond acceptors (Lipinski definition) is 3. The Morgan fingerprint density at radius 1 is 1.43 bits per heavy atom. The maximum atomic E-state index is 12.1. The molecule has 0 saturated carbocycles. The van der Waals surface area contributed by atoms with E-state index in [0.717, 1.165) is 31.5 Å². The van der Waals surface area contributed by atoms with Gasteiger partial charge in [0.1, 0.15) is 0 Å². The number of amides is 1. The highest BCUT2D eigenvalue weighted by Crippen LogP contribution is 2.13. The van der Waals surface area contributed by atoms with E-state index in [4.69, 9.17) is 16.3 Å². The van der Waals surface area contributed by atoms with Crippen LogP contribution in [0.4, 0.5) is 0 Å². The second kappa shape index (κ2) is 8.37. The Kier molecular flexibility index (Phi) is 6.49. The Balaban J connectivity index is 1.69. The van der Waals surface area contributed by atoms with E-state index in [9.17, 15) is 4.79 Å². The predicted molar refractivity (Wildman–Crippen MR) is 84.4 cm³/mol. The van der Waals surface area contributed by atoms with E-state index < -0.39 is 0 Å². The summed E-state index contributed by atoms with van der Waals surface area (Å²) in [4.78, 5) is 13.8. The molecule has 1 aliphatic rings. The number of nitrogens with zero attached hydrogens (tertiary/aromatic N) is 1. The van der Waals surface area contributed by atoms with E-state index in [0.29, 0.717) is 30.7 Å². The van der Waals surface area contributed by atoms with E-state index in [1.165, 1.54) is 0 Å². The Hall–Kier alpha value is -1.10. The lowest BCUT2D eigenvalue weighted by molar-refractivity contribution is -0.132. The van der Waals surface area contributed by atoms with Gasteiger partial charge in [-0.15, -0.1) is 0 Å². The molecule has 4 nitrogen and oxygen atoms in total. The van der Waals surface area contributed by atoms with Gasteiger partial charge in [-0.1, -0.05) is 23.7 Å². The van der Waals surface area contributed by atoms with Crippen molar-refractivity contribution in [2.75, 3.05) is 26.7 Å². The van der Waals surface area contributed by atoms with Crippen LogP contribution < -0.4 is 5.32 Å². The maximum Gasteiger partial charge on any atom is 0.224 e. The highest BCUT2D eigenvalue weighted by Gasteiger charge is 2.15.